The number of aliphatic hydroxyl groups is 1. The van der Waals surface area contributed by atoms with Crippen LogP contribution < -0.4 is 10.6 Å². The number of halogens is 2. The van der Waals surface area contributed by atoms with Crippen molar-refractivity contribution in [3.63, 3.8) is 0 Å². The Labute approximate surface area is 299 Å². The molecule has 15 heteroatoms. The van der Waals surface area contributed by atoms with Gasteiger partial charge in [0, 0.05) is 82.3 Å². The first kappa shape index (κ1) is 36.8. The standard InChI is InChI=1S/C37H42F2N6O7/c1-23(46)36(49)45(21-26-18-40-19-31(26)52-37(50)41-13-14-44-32(47)9-10-33(44)48)34(25-11-15-51-16-12-25)35-42-30(28-17-27(38)7-8-29(28)39)22-43(35)20-24-5-3-2-4-6-24/h2-10,17,22-23,25-26,31,34,40,46H,11-16,18-21H2,1H3,(H,41,50)/t23-,26+,31-,34+/m0/s1. The molecular formula is C37H42F2N6O7. The Bertz CT molecular complexity index is 1780. The fraction of sp³-hybridized carbons (Fsp3) is 0.432. The van der Waals surface area contributed by atoms with E-state index in [9.17, 15) is 28.7 Å². The summed E-state index contributed by atoms with van der Waals surface area (Å²) in [6.45, 7) is 3.30. The number of alkyl carbamates (subject to hydrolysis) is 1. The van der Waals surface area contributed by atoms with Crippen LogP contribution in [0.1, 0.15) is 37.2 Å². The average molecular weight is 721 g/mol. The van der Waals surface area contributed by atoms with E-state index in [-0.39, 0.29) is 36.8 Å². The minimum atomic E-state index is -1.39. The van der Waals surface area contributed by atoms with Gasteiger partial charge in [0.15, 0.2) is 0 Å². The minimum absolute atomic E-state index is 0.0143. The Morgan fingerprint density at radius 3 is 2.54 bits per heavy atom. The van der Waals surface area contributed by atoms with Crippen LogP contribution in [0.25, 0.3) is 11.3 Å². The van der Waals surface area contributed by atoms with E-state index < -0.39 is 59.6 Å². The number of imidazole rings is 1. The molecule has 0 unspecified atom stereocenters. The highest BCUT2D eigenvalue weighted by Crippen LogP contribution is 2.38. The summed E-state index contributed by atoms with van der Waals surface area (Å²) in [6.07, 6.45) is 2.32. The summed E-state index contributed by atoms with van der Waals surface area (Å²) < 4.78 is 42.9. The monoisotopic (exact) mass is 720 g/mol. The number of benzene rings is 2. The van der Waals surface area contributed by atoms with Gasteiger partial charge in [-0.05, 0) is 49.4 Å². The number of ether oxygens (including phenoxy) is 2. The van der Waals surface area contributed by atoms with Crippen molar-refractivity contribution in [3.8, 4) is 11.3 Å². The third kappa shape index (κ3) is 8.54. The lowest BCUT2D eigenvalue weighted by atomic mass is 9.88. The first-order valence-corrected chi connectivity index (χ1v) is 17.4. The molecule has 1 aromatic heterocycles. The number of aromatic nitrogens is 2. The molecule has 3 aromatic rings. The predicted molar refractivity (Wildman–Crippen MR) is 183 cm³/mol. The summed E-state index contributed by atoms with van der Waals surface area (Å²) in [4.78, 5) is 58.1. The zero-order valence-electron chi connectivity index (χ0n) is 28.8. The van der Waals surface area contributed by atoms with Crippen LogP contribution >= 0.6 is 0 Å². The molecule has 0 spiro atoms. The van der Waals surface area contributed by atoms with Crippen molar-refractivity contribution in [2.24, 2.45) is 11.8 Å². The first-order valence-electron chi connectivity index (χ1n) is 17.4. The minimum Gasteiger partial charge on any atom is -0.444 e. The van der Waals surface area contributed by atoms with Crippen LogP contribution in [0.5, 0.6) is 0 Å². The molecule has 0 saturated carbocycles. The number of hydrogen-bond donors (Lipinski definition) is 3. The van der Waals surface area contributed by atoms with Crippen molar-refractivity contribution in [2.45, 2.75) is 44.6 Å². The normalized spacial score (nSPS) is 20.3. The average Bonchev–Trinajstić information content (AvgIpc) is 3.84. The molecule has 0 bridgehead atoms. The molecule has 4 amide bonds. The number of aliphatic hydroxyl groups excluding tert-OH is 1. The first-order chi connectivity index (χ1) is 25.1. The summed E-state index contributed by atoms with van der Waals surface area (Å²) in [5.41, 5.74) is 1.08. The second kappa shape index (κ2) is 16.6. The number of amides is 4. The Morgan fingerprint density at radius 2 is 1.83 bits per heavy atom. The van der Waals surface area contributed by atoms with Crippen molar-refractivity contribution < 1.29 is 42.5 Å². The number of carbonyl (C=O) groups excluding carboxylic acids is 4. The largest absolute Gasteiger partial charge is 0.444 e. The second-order valence-corrected chi connectivity index (χ2v) is 13.2. The summed E-state index contributed by atoms with van der Waals surface area (Å²) in [6, 6.07) is 12.0. The van der Waals surface area contributed by atoms with Gasteiger partial charge in [0.05, 0.1) is 11.7 Å². The van der Waals surface area contributed by atoms with E-state index in [2.05, 4.69) is 10.6 Å². The van der Waals surface area contributed by atoms with Crippen LogP contribution in [0.15, 0.2) is 66.9 Å². The Hall–Kier alpha value is -4.99. The summed E-state index contributed by atoms with van der Waals surface area (Å²) in [5, 5.41) is 16.6. The lowest BCUT2D eigenvalue weighted by molar-refractivity contribution is -0.146. The Balaban J connectivity index is 1.31. The van der Waals surface area contributed by atoms with Gasteiger partial charge in [-0.2, -0.15) is 0 Å². The summed E-state index contributed by atoms with van der Waals surface area (Å²) in [5.74, 6) is -2.90. The van der Waals surface area contributed by atoms with Gasteiger partial charge in [-0.15, -0.1) is 0 Å². The maximum absolute atomic E-state index is 15.2. The molecule has 2 saturated heterocycles. The fourth-order valence-electron chi connectivity index (χ4n) is 7.00. The zero-order chi connectivity index (χ0) is 36.8. The predicted octanol–water partition coefficient (Wildman–Crippen LogP) is 2.79. The molecule has 4 atom stereocenters. The molecule has 52 heavy (non-hydrogen) atoms. The molecule has 6 rings (SSSR count). The third-order valence-corrected chi connectivity index (χ3v) is 9.63. The molecule has 3 aliphatic rings. The number of nitrogens with zero attached hydrogens (tertiary/aromatic N) is 4. The molecule has 0 radical (unpaired) electrons. The van der Waals surface area contributed by atoms with E-state index in [1.165, 1.54) is 6.92 Å². The van der Waals surface area contributed by atoms with Crippen LogP contribution in [0, 0.1) is 23.5 Å². The van der Waals surface area contributed by atoms with E-state index in [0.29, 0.717) is 51.5 Å². The molecule has 0 aliphatic carbocycles. The Morgan fingerprint density at radius 1 is 1.10 bits per heavy atom. The van der Waals surface area contributed by atoms with Crippen molar-refractivity contribution in [2.75, 3.05) is 45.9 Å². The van der Waals surface area contributed by atoms with Gasteiger partial charge in [-0.1, -0.05) is 30.3 Å². The molecule has 3 aliphatic heterocycles. The van der Waals surface area contributed by atoms with Gasteiger partial charge >= 0.3 is 6.09 Å². The zero-order valence-corrected chi connectivity index (χ0v) is 28.8. The third-order valence-electron chi connectivity index (χ3n) is 9.63. The van der Waals surface area contributed by atoms with Gasteiger partial charge in [-0.25, -0.2) is 18.6 Å². The van der Waals surface area contributed by atoms with Crippen LogP contribution in [0.4, 0.5) is 13.6 Å². The highest BCUT2D eigenvalue weighted by Gasteiger charge is 2.42. The molecule has 2 aromatic carbocycles. The highest BCUT2D eigenvalue weighted by atomic mass is 19.1. The van der Waals surface area contributed by atoms with E-state index in [4.69, 9.17) is 14.5 Å². The quantitative estimate of drug-likeness (QED) is 0.226. The number of hydrogen-bond acceptors (Lipinski definition) is 9. The number of nitrogens with one attached hydrogen (secondary N) is 2. The van der Waals surface area contributed by atoms with Crippen molar-refractivity contribution in [3.05, 3.63) is 89.9 Å². The van der Waals surface area contributed by atoms with Crippen molar-refractivity contribution in [1.29, 1.82) is 0 Å². The molecule has 4 heterocycles. The van der Waals surface area contributed by atoms with Crippen molar-refractivity contribution in [1.82, 2.24) is 30.0 Å². The van der Waals surface area contributed by atoms with Crippen molar-refractivity contribution >= 4 is 23.8 Å². The molecular weight excluding hydrogens is 678 g/mol. The van der Waals surface area contributed by atoms with E-state index in [0.717, 1.165) is 40.8 Å². The van der Waals surface area contributed by atoms with Gasteiger partial charge < -0.3 is 34.7 Å². The molecule has 2 fully saturated rings. The second-order valence-electron chi connectivity index (χ2n) is 13.2. The molecule has 276 valence electrons. The van der Waals surface area contributed by atoms with Gasteiger partial charge in [0.25, 0.3) is 17.7 Å². The number of imide groups is 1. The van der Waals surface area contributed by atoms with Crippen LogP contribution in [0.2, 0.25) is 0 Å². The topological polar surface area (TPSA) is 155 Å². The SMILES string of the molecule is C[C@H](O)C(=O)N(C[C@H]1CNC[C@@H]1OC(=O)NCCN1C(=O)C=CC1=O)[C@@H](c1nc(-c2cc(F)ccc2F)cn1Cc1ccccc1)C1CCOCC1. The van der Waals surface area contributed by atoms with Crippen LogP contribution in [0.3, 0.4) is 0 Å². The smallest absolute Gasteiger partial charge is 0.407 e. The van der Waals surface area contributed by atoms with E-state index in [1.807, 2.05) is 34.9 Å². The van der Waals surface area contributed by atoms with Gasteiger partial charge in [-0.3, -0.25) is 19.3 Å². The number of carbonyl (C=O) groups is 4. The summed E-state index contributed by atoms with van der Waals surface area (Å²) >= 11 is 0. The van der Waals surface area contributed by atoms with Gasteiger partial charge in [0.2, 0.25) is 0 Å². The lowest BCUT2D eigenvalue weighted by Gasteiger charge is -2.40. The molecule has 3 N–H and O–H groups in total. The molecule has 13 nitrogen and oxygen atoms in total. The van der Waals surface area contributed by atoms with E-state index >= 15 is 4.39 Å². The van der Waals surface area contributed by atoms with Crippen LogP contribution in [-0.2, 0) is 30.4 Å². The number of rotatable bonds is 13. The van der Waals surface area contributed by atoms with E-state index in [1.54, 1.807) is 11.1 Å². The summed E-state index contributed by atoms with van der Waals surface area (Å²) in [7, 11) is 0. The lowest BCUT2D eigenvalue weighted by Crippen LogP contribution is -2.49. The highest BCUT2D eigenvalue weighted by molar-refractivity contribution is 6.12. The Kier molecular flexibility index (Phi) is 11.7. The maximum atomic E-state index is 15.2. The van der Waals surface area contributed by atoms with Crippen LogP contribution in [-0.4, -0.2) is 106 Å². The fourth-order valence-corrected chi connectivity index (χ4v) is 7.00. The maximum Gasteiger partial charge on any atom is 0.407 e. The van der Waals surface area contributed by atoms with Gasteiger partial charge in [0.1, 0.15) is 29.7 Å².